The van der Waals surface area contributed by atoms with Crippen molar-refractivity contribution in [3.05, 3.63) is 63.4 Å². The minimum Gasteiger partial charge on any atom is -0.491 e. The number of halogens is 2. The van der Waals surface area contributed by atoms with Crippen LogP contribution in [0.3, 0.4) is 0 Å². The van der Waals surface area contributed by atoms with E-state index in [0.29, 0.717) is 36.2 Å². The van der Waals surface area contributed by atoms with Crippen LogP contribution in [-0.4, -0.2) is 49.2 Å². The van der Waals surface area contributed by atoms with Crippen molar-refractivity contribution in [3.8, 4) is 5.75 Å². The Morgan fingerprint density at radius 2 is 1.85 bits per heavy atom. The van der Waals surface area contributed by atoms with Crippen LogP contribution >= 0.6 is 11.6 Å². The molecule has 1 aliphatic heterocycles. The van der Waals surface area contributed by atoms with Crippen molar-refractivity contribution in [2.24, 2.45) is 0 Å². The Bertz CT molecular complexity index is 782. The number of anilines is 1. The Morgan fingerprint density at radius 1 is 1.12 bits per heavy atom. The molecule has 0 unspecified atom stereocenters. The van der Waals surface area contributed by atoms with Crippen LogP contribution in [0.25, 0.3) is 0 Å². The van der Waals surface area contributed by atoms with E-state index in [1.54, 1.807) is 12.1 Å². The maximum absolute atomic E-state index is 13.8. The van der Waals surface area contributed by atoms with Gasteiger partial charge in [0.1, 0.15) is 18.0 Å². The average Bonchev–Trinajstić information content (AvgIpc) is 2.63. The van der Waals surface area contributed by atoms with Gasteiger partial charge in [-0.05, 0) is 24.3 Å². The summed E-state index contributed by atoms with van der Waals surface area (Å²) >= 11 is 6.05. The van der Waals surface area contributed by atoms with E-state index >= 15 is 0 Å². The second-order valence-electron chi connectivity index (χ2n) is 5.97. The van der Waals surface area contributed by atoms with Crippen molar-refractivity contribution >= 4 is 23.0 Å². The molecule has 0 spiro atoms. The lowest BCUT2D eigenvalue weighted by Gasteiger charge is -2.35. The Hall–Kier alpha value is -2.38. The Kier molecular flexibility index (Phi) is 5.90. The minimum atomic E-state index is -0.803. The number of nitro groups is 1. The van der Waals surface area contributed by atoms with Crippen molar-refractivity contribution < 1.29 is 14.1 Å². The molecule has 26 heavy (non-hydrogen) atoms. The summed E-state index contributed by atoms with van der Waals surface area (Å²) in [6, 6.07) is 11.5. The largest absolute Gasteiger partial charge is 0.491 e. The summed E-state index contributed by atoms with van der Waals surface area (Å²) < 4.78 is 19.5. The molecule has 0 saturated carbocycles. The third kappa shape index (κ3) is 4.23. The first-order valence-electron chi connectivity index (χ1n) is 8.34. The quantitative estimate of drug-likeness (QED) is 0.567. The zero-order valence-corrected chi connectivity index (χ0v) is 14.9. The van der Waals surface area contributed by atoms with Gasteiger partial charge in [0, 0.05) is 32.7 Å². The predicted octanol–water partition coefficient (Wildman–Crippen LogP) is 3.59. The summed E-state index contributed by atoms with van der Waals surface area (Å²) in [5.41, 5.74) is -0.120. The number of nitro benzene ring substituents is 1. The smallest absolute Gasteiger partial charge is 0.327 e. The van der Waals surface area contributed by atoms with Crippen LogP contribution in [0.4, 0.5) is 15.8 Å². The Labute approximate surface area is 155 Å². The SMILES string of the molecule is O=[N+]([O-])c1c(F)cccc1N1CCN(CCOc2ccccc2Cl)CC1. The topological polar surface area (TPSA) is 58.9 Å². The van der Waals surface area contributed by atoms with Gasteiger partial charge in [0.2, 0.25) is 5.82 Å². The summed E-state index contributed by atoms with van der Waals surface area (Å²) in [5, 5.41) is 11.7. The first-order chi connectivity index (χ1) is 12.6. The van der Waals surface area contributed by atoms with E-state index in [9.17, 15) is 14.5 Å². The van der Waals surface area contributed by atoms with Crippen molar-refractivity contribution in [1.82, 2.24) is 4.90 Å². The highest BCUT2D eigenvalue weighted by atomic mass is 35.5. The summed E-state index contributed by atoms with van der Waals surface area (Å²) in [6.45, 7) is 3.86. The molecule has 1 heterocycles. The molecule has 0 atom stereocenters. The van der Waals surface area contributed by atoms with Crippen molar-refractivity contribution in [2.75, 3.05) is 44.2 Å². The molecular weight excluding hydrogens is 361 g/mol. The van der Waals surface area contributed by atoms with Gasteiger partial charge in [-0.25, -0.2) is 0 Å². The fraction of sp³-hybridized carbons (Fsp3) is 0.333. The number of ether oxygens (including phenoxy) is 1. The molecule has 8 heteroatoms. The highest BCUT2D eigenvalue weighted by molar-refractivity contribution is 6.32. The summed E-state index contributed by atoms with van der Waals surface area (Å²) in [4.78, 5) is 14.6. The van der Waals surface area contributed by atoms with E-state index in [-0.39, 0.29) is 0 Å². The maximum atomic E-state index is 13.8. The molecule has 0 aliphatic carbocycles. The number of hydrogen-bond donors (Lipinski definition) is 0. The summed E-state index contributed by atoms with van der Waals surface area (Å²) in [5.74, 6) is -0.147. The molecule has 1 saturated heterocycles. The molecule has 1 fully saturated rings. The fourth-order valence-electron chi connectivity index (χ4n) is 3.00. The lowest BCUT2D eigenvalue weighted by molar-refractivity contribution is -0.386. The molecule has 138 valence electrons. The van der Waals surface area contributed by atoms with E-state index in [1.807, 2.05) is 23.1 Å². The molecule has 0 bridgehead atoms. The predicted molar refractivity (Wildman–Crippen MR) is 98.7 cm³/mol. The molecular formula is C18H19ClFN3O3. The zero-order valence-electron chi connectivity index (χ0n) is 14.1. The molecule has 2 aromatic carbocycles. The van der Waals surface area contributed by atoms with Crippen LogP contribution in [0, 0.1) is 15.9 Å². The van der Waals surface area contributed by atoms with Crippen LogP contribution in [-0.2, 0) is 0 Å². The monoisotopic (exact) mass is 379 g/mol. The Morgan fingerprint density at radius 3 is 2.54 bits per heavy atom. The number of piperazine rings is 1. The van der Waals surface area contributed by atoms with Gasteiger partial charge >= 0.3 is 5.69 Å². The van der Waals surface area contributed by atoms with Crippen molar-refractivity contribution in [1.29, 1.82) is 0 Å². The van der Waals surface area contributed by atoms with Gasteiger partial charge in [-0.15, -0.1) is 0 Å². The lowest BCUT2D eigenvalue weighted by atomic mass is 10.2. The fourth-order valence-corrected chi connectivity index (χ4v) is 3.19. The highest BCUT2D eigenvalue weighted by Gasteiger charge is 2.26. The average molecular weight is 380 g/mol. The number of nitrogens with zero attached hydrogens (tertiary/aromatic N) is 3. The van der Waals surface area contributed by atoms with Crippen LogP contribution in [0.1, 0.15) is 0 Å². The van der Waals surface area contributed by atoms with Crippen LogP contribution < -0.4 is 9.64 Å². The lowest BCUT2D eigenvalue weighted by Crippen LogP contribution is -2.47. The number of hydrogen-bond acceptors (Lipinski definition) is 5. The Balaban J connectivity index is 1.53. The molecule has 6 nitrogen and oxygen atoms in total. The third-order valence-electron chi connectivity index (χ3n) is 4.36. The highest BCUT2D eigenvalue weighted by Crippen LogP contribution is 2.31. The zero-order chi connectivity index (χ0) is 18.5. The van der Waals surface area contributed by atoms with Gasteiger partial charge in [-0.3, -0.25) is 15.0 Å². The molecule has 3 rings (SSSR count). The van der Waals surface area contributed by atoms with E-state index < -0.39 is 16.4 Å². The second kappa shape index (κ2) is 8.33. The third-order valence-corrected chi connectivity index (χ3v) is 4.68. The molecule has 1 aliphatic rings. The minimum absolute atomic E-state index is 0.335. The van der Waals surface area contributed by atoms with Crippen LogP contribution in [0.15, 0.2) is 42.5 Å². The molecule has 0 N–H and O–H groups in total. The van der Waals surface area contributed by atoms with Gasteiger partial charge in [0.25, 0.3) is 0 Å². The van der Waals surface area contributed by atoms with Gasteiger partial charge < -0.3 is 9.64 Å². The molecule has 0 aromatic heterocycles. The first kappa shape index (κ1) is 18.4. The van der Waals surface area contributed by atoms with Crippen LogP contribution in [0.5, 0.6) is 5.75 Å². The van der Waals surface area contributed by atoms with Gasteiger partial charge in [0.15, 0.2) is 0 Å². The van der Waals surface area contributed by atoms with Gasteiger partial charge in [-0.1, -0.05) is 29.8 Å². The number of para-hydroxylation sites is 2. The van der Waals surface area contributed by atoms with E-state index in [2.05, 4.69) is 4.90 Å². The van der Waals surface area contributed by atoms with Gasteiger partial charge in [0.05, 0.1) is 9.95 Å². The maximum Gasteiger partial charge on any atom is 0.327 e. The van der Waals surface area contributed by atoms with E-state index in [0.717, 1.165) is 25.7 Å². The van der Waals surface area contributed by atoms with Crippen molar-refractivity contribution in [3.63, 3.8) is 0 Å². The van der Waals surface area contributed by atoms with Crippen molar-refractivity contribution in [2.45, 2.75) is 0 Å². The summed E-state index contributed by atoms with van der Waals surface area (Å²) in [7, 11) is 0. The first-order valence-corrected chi connectivity index (χ1v) is 8.71. The van der Waals surface area contributed by atoms with E-state index in [4.69, 9.17) is 16.3 Å². The molecule has 2 aromatic rings. The van der Waals surface area contributed by atoms with Crippen LogP contribution in [0.2, 0.25) is 5.02 Å². The summed E-state index contributed by atoms with van der Waals surface area (Å²) in [6.07, 6.45) is 0. The second-order valence-corrected chi connectivity index (χ2v) is 6.38. The van der Waals surface area contributed by atoms with Gasteiger partial charge in [-0.2, -0.15) is 4.39 Å². The standard InChI is InChI=1S/C18H19ClFN3O3/c19-14-4-1-2-7-17(14)26-13-12-21-8-10-22(11-9-21)16-6-3-5-15(20)18(16)23(24)25/h1-7H,8-13H2. The normalized spacial score (nSPS) is 15.1. The molecule has 0 radical (unpaired) electrons. The molecule has 0 amide bonds. The number of benzene rings is 2. The van der Waals surface area contributed by atoms with E-state index in [1.165, 1.54) is 6.07 Å². The number of rotatable bonds is 6.